The molecule has 0 saturated heterocycles. The van der Waals surface area contributed by atoms with Crippen molar-refractivity contribution in [1.82, 2.24) is 0 Å². The van der Waals surface area contributed by atoms with Gasteiger partial charge in [-0.3, -0.25) is 0 Å². The van der Waals surface area contributed by atoms with Crippen LogP contribution in [0.25, 0.3) is 0 Å². The molecule has 0 saturated carbocycles. The highest BCUT2D eigenvalue weighted by atomic mass is 19.2. The van der Waals surface area contributed by atoms with E-state index in [0.717, 1.165) is 0 Å². The maximum Gasteiger partial charge on any atom is 0.196 e. The summed E-state index contributed by atoms with van der Waals surface area (Å²) in [5.41, 5.74) is -2.71. The molecule has 1 rings (SSSR count). The van der Waals surface area contributed by atoms with Crippen LogP contribution < -0.4 is 5.32 Å². The molecule has 0 aromatic heterocycles. The van der Waals surface area contributed by atoms with Gasteiger partial charge in [0.1, 0.15) is 29.6 Å². The maximum atomic E-state index is 13.3. The van der Waals surface area contributed by atoms with Crippen LogP contribution in [-0.2, 0) is 0 Å². The van der Waals surface area contributed by atoms with Crippen LogP contribution >= 0.6 is 0 Å². The number of allylic oxidation sites excluding steroid dienone is 2. The average molecular weight is 266 g/mol. The topological polar surface area (TPSA) is 83.4 Å². The van der Waals surface area contributed by atoms with Gasteiger partial charge in [0.05, 0.1) is 0 Å². The number of halogens is 4. The Balaban J connectivity index is 3.41. The van der Waals surface area contributed by atoms with Crippen molar-refractivity contribution in [3.05, 3.63) is 40.6 Å². The molecular weight excluding hydrogens is 264 g/mol. The summed E-state index contributed by atoms with van der Waals surface area (Å²) >= 11 is 0. The standard InChI is InChI=1S/C11H2F4N4/c12-6-1-7(13)11(10(15)9(6)14)19-8(4-18)5(2-16)3-17/h1,19H. The number of nitrogens with one attached hydrogen (secondary N) is 1. The second-order valence-corrected chi connectivity index (χ2v) is 3.05. The van der Waals surface area contributed by atoms with E-state index in [0.29, 0.717) is 0 Å². The van der Waals surface area contributed by atoms with E-state index in [1.807, 2.05) is 0 Å². The summed E-state index contributed by atoms with van der Waals surface area (Å²) in [6, 6.07) is 4.00. The normalized spacial score (nSPS) is 8.89. The van der Waals surface area contributed by atoms with Gasteiger partial charge in [0, 0.05) is 6.07 Å². The fourth-order valence-electron chi connectivity index (χ4n) is 1.09. The van der Waals surface area contributed by atoms with E-state index in [2.05, 4.69) is 0 Å². The summed E-state index contributed by atoms with van der Waals surface area (Å²) in [5, 5.41) is 27.4. The van der Waals surface area contributed by atoms with Gasteiger partial charge in [-0.2, -0.15) is 15.8 Å². The second kappa shape index (κ2) is 5.52. The molecule has 1 N–H and O–H groups in total. The molecule has 0 radical (unpaired) electrons. The van der Waals surface area contributed by atoms with Crippen LogP contribution in [0.4, 0.5) is 23.2 Å². The lowest BCUT2D eigenvalue weighted by molar-refractivity contribution is 0.437. The molecular formula is C11H2F4N4. The van der Waals surface area contributed by atoms with Gasteiger partial charge < -0.3 is 5.32 Å². The summed E-state index contributed by atoms with van der Waals surface area (Å²) in [6.07, 6.45) is 0. The van der Waals surface area contributed by atoms with Gasteiger partial charge in [-0.25, -0.2) is 17.6 Å². The number of anilines is 1. The molecule has 0 bridgehead atoms. The van der Waals surface area contributed by atoms with Crippen LogP contribution in [-0.4, -0.2) is 0 Å². The van der Waals surface area contributed by atoms with Crippen LogP contribution in [0.3, 0.4) is 0 Å². The fraction of sp³-hybridized carbons (Fsp3) is 0. The van der Waals surface area contributed by atoms with Crippen molar-refractivity contribution in [2.45, 2.75) is 0 Å². The molecule has 0 amide bonds. The Morgan fingerprint density at radius 1 is 0.895 bits per heavy atom. The lowest BCUT2D eigenvalue weighted by Crippen LogP contribution is -2.07. The lowest BCUT2D eigenvalue weighted by Gasteiger charge is -2.08. The summed E-state index contributed by atoms with van der Waals surface area (Å²) in [4.78, 5) is 0. The molecule has 0 unspecified atom stereocenters. The number of hydrogen-bond acceptors (Lipinski definition) is 4. The van der Waals surface area contributed by atoms with Crippen LogP contribution in [0.15, 0.2) is 17.3 Å². The number of nitriles is 3. The molecule has 0 atom stereocenters. The molecule has 94 valence electrons. The van der Waals surface area contributed by atoms with Crippen molar-refractivity contribution in [3.8, 4) is 18.2 Å². The summed E-state index contributed by atoms with van der Waals surface area (Å²) in [6.45, 7) is 0. The molecule has 4 nitrogen and oxygen atoms in total. The predicted octanol–water partition coefficient (Wildman–Crippen LogP) is 2.48. The Morgan fingerprint density at radius 3 is 1.95 bits per heavy atom. The number of hydrogen-bond donors (Lipinski definition) is 1. The third-order valence-corrected chi connectivity index (χ3v) is 1.95. The zero-order valence-corrected chi connectivity index (χ0v) is 8.93. The molecule has 0 heterocycles. The van der Waals surface area contributed by atoms with Crippen molar-refractivity contribution in [2.75, 3.05) is 5.32 Å². The Hall–Kier alpha value is -3.05. The van der Waals surface area contributed by atoms with E-state index in [1.165, 1.54) is 18.2 Å². The highest BCUT2D eigenvalue weighted by molar-refractivity contribution is 5.59. The zero-order chi connectivity index (χ0) is 14.6. The van der Waals surface area contributed by atoms with Gasteiger partial charge in [0.15, 0.2) is 28.8 Å². The summed E-state index contributed by atoms with van der Waals surface area (Å²) < 4.78 is 52.1. The van der Waals surface area contributed by atoms with Crippen molar-refractivity contribution in [1.29, 1.82) is 15.8 Å². The first-order chi connectivity index (χ1) is 8.96. The molecule has 0 aliphatic rings. The van der Waals surface area contributed by atoms with E-state index >= 15 is 0 Å². The fourth-order valence-corrected chi connectivity index (χ4v) is 1.09. The molecule has 0 aliphatic carbocycles. The number of benzene rings is 1. The van der Waals surface area contributed by atoms with Gasteiger partial charge in [0.25, 0.3) is 0 Å². The third-order valence-electron chi connectivity index (χ3n) is 1.95. The van der Waals surface area contributed by atoms with E-state index in [-0.39, 0.29) is 6.07 Å². The minimum absolute atomic E-state index is 0.0637. The zero-order valence-electron chi connectivity index (χ0n) is 8.93. The summed E-state index contributed by atoms with van der Waals surface area (Å²) in [7, 11) is 0. The minimum Gasteiger partial charge on any atom is -0.340 e. The average Bonchev–Trinajstić information content (AvgIpc) is 2.40. The highest BCUT2D eigenvalue weighted by Gasteiger charge is 2.20. The first-order valence-electron chi connectivity index (χ1n) is 4.50. The van der Waals surface area contributed by atoms with Crippen LogP contribution in [0, 0.1) is 57.3 Å². The molecule has 0 spiro atoms. The molecule has 8 heteroatoms. The summed E-state index contributed by atoms with van der Waals surface area (Å²) in [5.74, 6) is -7.11. The first-order valence-corrected chi connectivity index (χ1v) is 4.50. The van der Waals surface area contributed by atoms with Crippen LogP contribution in [0.5, 0.6) is 0 Å². The Labute approximate surface area is 104 Å². The third kappa shape index (κ3) is 2.62. The molecule has 19 heavy (non-hydrogen) atoms. The number of nitrogens with zero attached hydrogens (tertiary/aromatic N) is 3. The molecule has 1 aromatic carbocycles. The Morgan fingerprint density at radius 2 is 1.47 bits per heavy atom. The molecule has 1 aromatic rings. The largest absolute Gasteiger partial charge is 0.340 e. The van der Waals surface area contributed by atoms with Gasteiger partial charge in [-0.1, -0.05) is 0 Å². The Bertz CT molecular complexity index is 673. The predicted molar refractivity (Wildman–Crippen MR) is 53.8 cm³/mol. The van der Waals surface area contributed by atoms with Crippen LogP contribution in [0.1, 0.15) is 0 Å². The minimum atomic E-state index is -1.95. The van der Waals surface area contributed by atoms with Crippen molar-refractivity contribution in [3.63, 3.8) is 0 Å². The van der Waals surface area contributed by atoms with Gasteiger partial charge in [-0.05, 0) is 0 Å². The monoisotopic (exact) mass is 266 g/mol. The quantitative estimate of drug-likeness (QED) is 0.385. The van der Waals surface area contributed by atoms with E-state index < -0.39 is 40.2 Å². The van der Waals surface area contributed by atoms with Crippen molar-refractivity contribution in [2.24, 2.45) is 0 Å². The SMILES string of the molecule is N#CC(C#N)=C(C#N)Nc1c(F)cc(F)c(F)c1F. The molecule has 0 aliphatic heterocycles. The van der Waals surface area contributed by atoms with E-state index in [4.69, 9.17) is 15.8 Å². The van der Waals surface area contributed by atoms with E-state index in [9.17, 15) is 17.6 Å². The highest BCUT2D eigenvalue weighted by Crippen LogP contribution is 2.25. The van der Waals surface area contributed by atoms with Crippen molar-refractivity contribution < 1.29 is 17.6 Å². The second-order valence-electron chi connectivity index (χ2n) is 3.05. The van der Waals surface area contributed by atoms with Gasteiger partial charge >= 0.3 is 0 Å². The lowest BCUT2D eigenvalue weighted by atomic mass is 10.2. The molecule has 0 fully saturated rings. The van der Waals surface area contributed by atoms with Gasteiger partial charge in [0.2, 0.25) is 0 Å². The number of rotatable bonds is 2. The van der Waals surface area contributed by atoms with Gasteiger partial charge in [-0.15, -0.1) is 0 Å². The smallest absolute Gasteiger partial charge is 0.196 e. The van der Waals surface area contributed by atoms with Crippen molar-refractivity contribution >= 4 is 5.69 Å². The Kier molecular flexibility index (Phi) is 4.07. The first kappa shape index (κ1) is 14.0. The van der Waals surface area contributed by atoms with Crippen LogP contribution in [0.2, 0.25) is 0 Å². The van der Waals surface area contributed by atoms with E-state index in [1.54, 1.807) is 5.32 Å². The maximum absolute atomic E-state index is 13.3.